The van der Waals surface area contributed by atoms with Crippen LogP contribution in [0.5, 0.6) is 0 Å². The quantitative estimate of drug-likeness (QED) is 0.804. The number of rotatable bonds is 1. The van der Waals surface area contributed by atoms with Crippen molar-refractivity contribution in [1.82, 2.24) is 9.97 Å². The zero-order chi connectivity index (χ0) is 9.30. The Hall–Kier alpha value is -0.640. The van der Waals surface area contributed by atoms with Gasteiger partial charge in [0, 0.05) is 5.92 Å². The first kappa shape index (κ1) is 9.45. The molecular formula is C8H12BrN3. The molecule has 1 rings (SSSR count). The van der Waals surface area contributed by atoms with Gasteiger partial charge in [-0.15, -0.1) is 0 Å². The predicted octanol–water partition coefficient (Wildman–Crippen LogP) is 2.25. The first-order chi connectivity index (χ1) is 5.52. The zero-order valence-electron chi connectivity index (χ0n) is 7.43. The van der Waals surface area contributed by atoms with Gasteiger partial charge in [0.1, 0.15) is 11.6 Å². The summed E-state index contributed by atoms with van der Waals surface area (Å²) in [6.45, 7) is 6.00. The number of nitrogens with two attached hydrogens (primary N) is 1. The van der Waals surface area contributed by atoms with Crippen LogP contribution < -0.4 is 5.73 Å². The van der Waals surface area contributed by atoms with Crippen molar-refractivity contribution >= 4 is 21.7 Å². The molecule has 12 heavy (non-hydrogen) atoms. The highest BCUT2D eigenvalue weighted by atomic mass is 79.9. The molecule has 0 spiro atoms. The lowest BCUT2D eigenvalue weighted by Crippen LogP contribution is -2.04. The van der Waals surface area contributed by atoms with E-state index in [-0.39, 0.29) is 0 Å². The lowest BCUT2D eigenvalue weighted by Gasteiger charge is -2.07. The Morgan fingerprint density at radius 3 is 2.33 bits per heavy atom. The summed E-state index contributed by atoms with van der Waals surface area (Å²) >= 11 is 3.31. The molecule has 0 unspecified atom stereocenters. The van der Waals surface area contributed by atoms with Crippen LogP contribution in [0.3, 0.4) is 0 Å². The number of halogens is 1. The van der Waals surface area contributed by atoms with Gasteiger partial charge < -0.3 is 5.73 Å². The maximum atomic E-state index is 5.66. The highest BCUT2D eigenvalue weighted by Crippen LogP contribution is 2.22. The fourth-order valence-electron chi connectivity index (χ4n) is 0.862. The topological polar surface area (TPSA) is 51.8 Å². The highest BCUT2D eigenvalue weighted by molar-refractivity contribution is 9.10. The van der Waals surface area contributed by atoms with E-state index in [0.717, 1.165) is 16.0 Å². The largest absolute Gasteiger partial charge is 0.383 e. The second kappa shape index (κ2) is 3.39. The van der Waals surface area contributed by atoms with E-state index in [4.69, 9.17) is 5.73 Å². The highest BCUT2D eigenvalue weighted by Gasteiger charge is 2.08. The molecule has 3 nitrogen and oxygen atoms in total. The summed E-state index contributed by atoms with van der Waals surface area (Å²) in [6, 6.07) is 0. The van der Waals surface area contributed by atoms with Crippen molar-refractivity contribution in [3.63, 3.8) is 0 Å². The van der Waals surface area contributed by atoms with Gasteiger partial charge in [0.15, 0.2) is 0 Å². The normalized spacial score (nSPS) is 10.8. The number of nitrogen functional groups attached to an aromatic ring is 1. The Labute approximate surface area is 80.5 Å². The maximum absolute atomic E-state index is 5.66. The molecule has 0 fully saturated rings. The van der Waals surface area contributed by atoms with Gasteiger partial charge in [-0.3, -0.25) is 0 Å². The summed E-state index contributed by atoms with van der Waals surface area (Å²) in [7, 11) is 0. The first-order valence-corrected chi connectivity index (χ1v) is 4.61. The molecule has 0 bridgehead atoms. The van der Waals surface area contributed by atoms with Crippen molar-refractivity contribution in [2.45, 2.75) is 26.7 Å². The molecule has 0 radical (unpaired) electrons. The number of anilines is 1. The summed E-state index contributed by atoms with van der Waals surface area (Å²) < 4.78 is 0.798. The van der Waals surface area contributed by atoms with Crippen LogP contribution in [0.15, 0.2) is 4.47 Å². The van der Waals surface area contributed by atoms with E-state index in [1.54, 1.807) is 0 Å². The molecule has 0 amide bonds. The van der Waals surface area contributed by atoms with Crippen LogP contribution in [-0.2, 0) is 0 Å². The van der Waals surface area contributed by atoms with Gasteiger partial charge >= 0.3 is 0 Å². The Morgan fingerprint density at radius 2 is 1.92 bits per heavy atom. The van der Waals surface area contributed by atoms with Gasteiger partial charge in [0.05, 0.1) is 10.2 Å². The van der Waals surface area contributed by atoms with E-state index < -0.39 is 0 Å². The van der Waals surface area contributed by atoms with Crippen LogP contribution in [-0.4, -0.2) is 9.97 Å². The molecule has 0 aliphatic heterocycles. The Balaban J connectivity index is 3.21. The van der Waals surface area contributed by atoms with Gasteiger partial charge in [-0.05, 0) is 22.9 Å². The monoisotopic (exact) mass is 229 g/mol. The SMILES string of the molecule is Cc1nc(C(C)C)nc(N)c1Br. The third-order valence-electron chi connectivity index (χ3n) is 1.58. The molecule has 0 aromatic carbocycles. The Morgan fingerprint density at radius 1 is 1.33 bits per heavy atom. The summed E-state index contributed by atoms with van der Waals surface area (Å²) in [5.74, 6) is 1.64. The van der Waals surface area contributed by atoms with Crippen molar-refractivity contribution in [2.24, 2.45) is 0 Å². The molecule has 2 N–H and O–H groups in total. The summed E-state index contributed by atoms with van der Waals surface area (Å²) in [5.41, 5.74) is 6.56. The molecule has 4 heteroatoms. The maximum Gasteiger partial charge on any atom is 0.141 e. The molecule has 1 heterocycles. The van der Waals surface area contributed by atoms with Gasteiger partial charge in [0.25, 0.3) is 0 Å². The molecule has 1 aromatic heterocycles. The fourth-order valence-corrected chi connectivity index (χ4v) is 1.04. The summed E-state index contributed by atoms with van der Waals surface area (Å²) in [6.07, 6.45) is 0. The van der Waals surface area contributed by atoms with Gasteiger partial charge in [-0.2, -0.15) is 0 Å². The third-order valence-corrected chi connectivity index (χ3v) is 2.56. The van der Waals surface area contributed by atoms with Crippen LogP contribution in [0, 0.1) is 6.92 Å². The third kappa shape index (κ3) is 1.75. The van der Waals surface area contributed by atoms with Crippen LogP contribution in [0.4, 0.5) is 5.82 Å². The van der Waals surface area contributed by atoms with E-state index in [1.807, 2.05) is 20.8 Å². The van der Waals surface area contributed by atoms with E-state index in [0.29, 0.717) is 11.7 Å². The summed E-state index contributed by atoms with van der Waals surface area (Å²) in [5, 5.41) is 0. The Bertz CT molecular complexity index is 273. The smallest absolute Gasteiger partial charge is 0.141 e. The van der Waals surface area contributed by atoms with Crippen molar-refractivity contribution in [3.05, 3.63) is 16.0 Å². The second-order valence-electron chi connectivity index (χ2n) is 3.02. The lowest BCUT2D eigenvalue weighted by molar-refractivity contribution is 0.767. The van der Waals surface area contributed by atoms with Crippen molar-refractivity contribution < 1.29 is 0 Å². The zero-order valence-corrected chi connectivity index (χ0v) is 9.01. The number of hydrogen-bond acceptors (Lipinski definition) is 3. The minimum Gasteiger partial charge on any atom is -0.383 e. The fraction of sp³-hybridized carbons (Fsp3) is 0.500. The van der Waals surface area contributed by atoms with Crippen molar-refractivity contribution in [3.8, 4) is 0 Å². The van der Waals surface area contributed by atoms with Crippen LogP contribution in [0.1, 0.15) is 31.3 Å². The average molecular weight is 230 g/mol. The van der Waals surface area contributed by atoms with Crippen LogP contribution >= 0.6 is 15.9 Å². The molecule has 66 valence electrons. The van der Waals surface area contributed by atoms with Crippen LogP contribution in [0.2, 0.25) is 0 Å². The molecule has 0 aliphatic rings. The molecule has 0 atom stereocenters. The minimum atomic E-state index is 0.319. The minimum absolute atomic E-state index is 0.319. The van der Waals surface area contributed by atoms with Gasteiger partial charge in [-0.25, -0.2) is 9.97 Å². The van der Waals surface area contributed by atoms with E-state index in [2.05, 4.69) is 25.9 Å². The van der Waals surface area contributed by atoms with E-state index >= 15 is 0 Å². The molecule has 0 saturated carbocycles. The van der Waals surface area contributed by atoms with Crippen molar-refractivity contribution in [1.29, 1.82) is 0 Å². The lowest BCUT2D eigenvalue weighted by atomic mass is 10.2. The number of aryl methyl sites for hydroxylation is 1. The second-order valence-corrected chi connectivity index (χ2v) is 3.81. The van der Waals surface area contributed by atoms with Gasteiger partial charge in [0.2, 0.25) is 0 Å². The first-order valence-electron chi connectivity index (χ1n) is 3.82. The van der Waals surface area contributed by atoms with E-state index in [1.165, 1.54) is 0 Å². The number of aromatic nitrogens is 2. The number of nitrogens with zero attached hydrogens (tertiary/aromatic N) is 2. The van der Waals surface area contributed by atoms with Gasteiger partial charge in [-0.1, -0.05) is 13.8 Å². The predicted molar refractivity (Wildman–Crippen MR) is 53.0 cm³/mol. The Kier molecular flexibility index (Phi) is 2.67. The molecule has 0 saturated heterocycles. The molecule has 1 aromatic rings. The average Bonchev–Trinajstić information content (AvgIpc) is 1.99. The number of hydrogen-bond donors (Lipinski definition) is 1. The molecular weight excluding hydrogens is 218 g/mol. The van der Waals surface area contributed by atoms with E-state index in [9.17, 15) is 0 Å². The summed E-state index contributed by atoms with van der Waals surface area (Å²) in [4.78, 5) is 8.45. The van der Waals surface area contributed by atoms with Crippen molar-refractivity contribution in [2.75, 3.05) is 5.73 Å². The standard InChI is InChI=1S/C8H12BrN3/c1-4(2)8-11-5(3)6(9)7(10)12-8/h4H,1-3H3,(H2,10,11,12). The molecule has 0 aliphatic carbocycles. The van der Waals surface area contributed by atoms with Crippen LogP contribution in [0.25, 0.3) is 0 Å².